The van der Waals surface area contributed by atoms with E-state index in [-0.39, 0.29) is 24.5 Å². The van der Waals surface area contributed by atoms with E-state index in [1.165, 1.54) is 0 Å². The smallest absolute Gasteiger partial charge is 0.184 e. The average Bonchev–Trinajstić information content (AvgIpc) is 3.22. The standard InChI is InChI=1S/C33H42O5/c1-20(2)14-16-23-18-32-19-25(31(7,8)37)38-28(32)24(17-15-21(3)4)27(35)33(29(32)36,30(23,5)6)26(34)22-12-10-9-11-13-22/h9-15,23,25,37H,16-19H2,1-8H3. The van der Waals surface area contributed by atoms with Gasteiger partial charge in [-0.25, -0.2) is 0 Å². The summed E-state index contributed by atoms with van der Waals surface area (Å²) in [5, 5.41) is 11.0. The SMILES string of the molecule is CC(C)=CCC1=C2OC(C(C)(C)O)CC23CC(CC=C(C)C)C(C)(C)C(C(=O)c2ccccc2)(C1=O)C3=O. The Hall–Kier alpha value is -2.79. The molecule has 38 heavy (non-hydrogen) atoms. The number of allylic oxidation sites excluding steroid dienone is 6. The van der Waals surface area contributed by atoms with Gasteiger partial charge in [-0.05, 0) is 72.1 Å². The van der Waals surface area contributed by atoms with Crippen LogP contribution in [0.2, 0.25) is 0 Å². The molecule has 1 aromatic rings. The fourth-order valence-electron chi connectivity index (χ4n) is 6.84. The number of aliphatic hydroxyl groups is 1. The highest BCUT2D eigenvalue weighted by molar-refractivity contribution is 6.36. The summed E-state index contributed by atoms with van der Waals surface area (Å²) in [6.45, 7) is 15.2. The molecule has 2 fully saturated rings. The van der Waals surface area contributed by atoms with Gasteiger partial charge in [-0.3, -0.25) is 14.4 Å². The summed E-state index contributed by atoms with van der Waals surface area (Å²) >= 11 is 0. The Morgan fingerprint density at radius 2 is 1.63 bits per heavy atom. The van der Waals surface area contributed by atoms with Crippen molar-refractivity contribution in [2.45, 2.75) is 92.8 Å². The fourth-order valence-corrected chi connectivity index (χ4v) is 6.84. The van der Waals surface area contributed by atoms with Crippen molar-refractivity contribution in [3.8, 4) is 0 Å². The number of ketones is 3. The first kappa shape index (κ1) is 28.2. The molecule has 3 aliphatic rings. The van der Waals surface area contributed by atoms with E-state index < -0.39 is 39.5 Å². The van der Waals surface area contributed by atoms with Crippen LogP contribution in [0.4, 0.5) is 0 Å². The van der Waals surface area contributed by atoms with Crippen LogP contribution in [0.15, 0.2) is 65.0 Å². The van der Waals surface area contributed by atoms with Crippen LogP contribution in [0.3, 0.4) is 0 Å². The Morgan fingerprint density at radius 3 is 2.18 bits per heavy atom. The molecule has 4 atom stereocenters. The van der Waals surface area contributed by atoms with Crippen LogP contribution in [0.1, 0.15) is 91.4 Å². The van der Waals surface area contributed by atoms with Gasteiger partial charge in [0, 0.05) is 17.6 Å². The summed E-state index contributed by atoms with van der Waals surface area (Å²) in [6.07, 6.45) is 5.07. The zero-order chi connectivity index (χ0) is 28.3. The number of carbonyl (C=O) groups excluding carboxylic acids is 3. The van der Waals surface area contributed by atoms with E-state index in [0.717, 1.165) is 11.1 Å². The van der Waals surface area contributed by atoms with E-state index in [1.54, 1.807) is 38.1 Å². The lowest BCUT2D eigenvalue weighted by Crippen LogP contribution is -2.69. The second kappa shape index (κ2) is 9.44. The minimum atomic E-state index is -1.88. The first-order valence-corrected chi connectivity index (χ1v) is 13.7. The summed E-state index contributed by atoms with van der Waals surface area (Å²) in [5.74, 6) is -0.977. The first-order valence-electron chi connectivity index (χ1n) is 13.7. The third-order valence-corrected chi connectivity index (χ3v) is 9.16. The highest BCUT2D eigenvalue weighted by atomic mass is 16.5. The minimum absolute atomic E-state index is 0.129. The molecule has 4 rings (SSSR count). The van der Waals surface area contributed by atoms with Crippen LogP contribution < -0.4 is 0 Å². The molecule has 2 aliphatic carbocycles. The number of Topliss-reactive ketones (excluding diaryl/α,β-unsaturated/α-hetero) is 3. The Labute approximate surface area is 227 Å². The van der Waals surface area contributed by atoms with Gasteiger partial charge in [0.05, 0.1) is 11.0 Å². The average molecular weight is 519 g/mol. The lowest BCUT2D eigenvalue weighted by molar-refractivity contribution is -0.162. The zero-order valence-corrected chi connectivity index (χ0v) is 24.1. The van der Waals surface area contributed by atoms with Gasteiger partial charge < -0.3 is 9.84 Å². The molecule has 1 aromatic carbocycles. The van der Waals surface area contributed by atoms with Gasteiger partial charge in [0.25, 0.3) is 0 Å². The quantitative estimate of drug-likeness (QED) is 0.251. The van der Waals surface area contributed by atoms with Gasteiger partial charge in [-0.2, -0.15) is 0 Å². The van der Waals surface area contributed by atoms with Crippen LogP contribution in [0, 0.1) is 22.2 Å². The van der Waals surface area contributed by atoms with E-state index in [9.17, 15) is 19.5 Å². The predicted molar refractivity (Wildman–Crippen MR) is 148 cm³/mol. The van der Waals surface area contributed by atoms with E-state index in [1.807, 2.05) is 53.7 Å². The number of rotatable bonds is 7. The van der Waals surface area contributed by atoms with Crippen molar-refractivity contribution in [2.24, 2.45) is 22.2 Å². The van der Waals surface area contributed by atoms with Crippen molar-refractivity contribution in [3.63, 3.8) is 0 Å². The van der Waals surface area contributed by atoms with E-state index in [0.29, 0.717) is 29.7 Å². The summed E-state index contributed by atoms with van der Waals surface area (Å²) in [7, 11) is 0. The van der Waals surface area contributed by atoms with Gasteiger partial charge >= 0.3 is 0 Å². The maximum Gasteiger partial charge on any atom is 0.184 e. The third kappa shape index (κ3) is 4.05. The molecular weight excluding hydrogens is 476 g/mol. The van der Waals surface area contributed by atoms with Crippen LogP contribution in [0.25, 0.3) is 0 Å². The van der Waals surface area contributed by atoms with Gasteiger partial charge in [-0.1, -0.05) is 67.5 Å². The second-order valence-corrected chi connectivity index (χ2v) is 13.1. The van der Waals surface area contributed by atoms with Crippen molar-refractivity contribution in [1.82, 2.24) is 0 Å². The Morgan fingerprint density at radius 1 is 1.03 bits per heavy atom. The predicted octanol–water partition coefficient (Wildman–Crippen LogP) is 6.57. The van der Waals surface area contributed by atoms with Crippen molar-refractivity contribution in [2.75, 3.05) is 0 Å². The highest BCUT2D eigenvalue weighted by Crippen LogP contribution is 2.68. The van der Waals surface area contributed by atoms with Crippen molar-refractivity contribution in [3.05, 3.63) is 70.5 Å². The van der Waals surface area contributed by atoms with Crippen LogP contribution in [-0.4, -0.2) is 34.2 Å². The molecule has 5 nitrogen and oxygen atoms in total. The summed E-state index contributed by atoms with van der Waals surface area (Å²) < 4.78 is 6.40. The molecule has 1 saturated carbocycles. The number of hydrogen-bond acceptors (Lipinski definition) is 5. The Kier molecular flexibility index (Phi) is 7.01. The van der Waals surface area contributed by atoms with Gasteiger partial charge in [0.1, 0.15) is 11.9 Å². The largest absolute Gasteiger partial charge is 0.490 e. The molecule has 5 heteroatoms. The van der Waals surface area contributed by atoms with E-state index >= 15 is 0 Å². The van der Waals surface area contributed by atoms with Gasteiger partial charge in [0.2, 0.25) is 0 Å². The van der Waals surface area contributed by atoms with Gasteiger partial charge in [0.15, 0.2) is 22.8 Å². The number of hydrogen-bond donors (Lipinski definition) is 1. The number of fused-ring (bicyclic) bond motifs is 1. The summed E-state index contributed by atoms with van der Waals surface area (Å²) in [5.41, 5.74) is -2.24. The Bertz CT molecular complexity index is 1250. The highest BCUT2D eigenvalue weighted by Gasteiger charge is 2.77. The molecule has 0 amide bonds. The molecule has 0 radical (unpaired) electrons. The summed E-state index contributed by atoms with van der Waals surface area (Å²) in [6, 6.07) is 8.74. The molecule has 1 N–H and O–H groups in total. The molecule has 1 spiro atoms. The molecule has 1 heterocycles. The molecule has 1 aliphatic heterocycles. The Balaban J connectivity index is 2.07. The normalized spacial score (nSPS) is 29.9. The molecule has 0 aromatic heterocycles. The maximum absolute atomic E-state index is 14.9. The van der Waals surface area contributed by atoms with Crippen LogP contribution in [-0.2, 0) is 14.3 Å². The monoisotopic (exact) mass is 518 g/mol. The van der Waals surface area contributed by atoms with E-state index in [4.69, 9.17) is 4.74 Å². The van der Waals surface area contributed by atoms with E-state index in [2.05, 4.69) is 6.08 Å². The topological polar surface area (TPSA) is 80.7 Å². The number of benzene rings is 1. The number of carbonyl (C=O) groups is 3. The van der Waals surface area contributed by atoms with Crippen LogP contribution in [0.5, 0.6) is 0 Å². The zero-order valence-electron chi connectivity index (χ0n) is 24.1. The second-order valence-electron chi connectivity index (χ2n) is 13.1. The van der Waals surface area contributed by atoms with Crippen molar-refractivity contribution >= 4 is 17.3 Å². The molecule has 1 saturated heterocycles. The minimum Gasteiger partial charge on any atom is -0.490 e. The third-order valence-electron chi connectivity index (χ3n) is 9.16. The van der Waals surface area contributed by atoms with Crippen molar-refractivity contribution < 1.29 is 24.2 Å². The molecule has 2 bridgehead atoms. The lowest BCUT2D eigenvalue weighted by Gasteiger charge is -2.58. The lowest BCUT2D eigenvalue weighted by atomic mass is 9.39. The van der Waals surface area contributed by atoms with Gasteiger partial charge in [-0.15, -0.1) is 0 Å². The summed E-state index contributed by atoms with van der Waals surface area (Å²) in [4.78, 5) is 44.4. The molecular formula is C33H42O5. The van der Waals surface area contributed by atoms with Crippen LogP contribution >= 0.6 is 0 Å². The first-order chi connectivity index (χ1) is 17.6. The fraction of sp³-hybridized carbons (Fsp3) is 0.545. The van der Waals surface area contributed by atoms with Crippen molar-refractivity contribution in [1.29, 1.82) is 0 Å². The molecule has 204 valence electrons. The number of ether oxygens (including phenoxy) is 1. The molecule has 4 unspecified atom stereocenters. The maximum atomic E-state index is 14.9.